The quantitative estimate of drug-likeness (QED) is 0.756. The third kappa shape index (κ3) is 3.71. The molecule has 0 spiro atoms. The Morgan fingerprint density at radius 2 is 2.08 bits per heavy atom. The molecular weight excluding hydrogens is 304 g/mol. The number of carbonyl (C=O) groups excluding carboxylic acids is 1. The Morgan fingerprint density at radius 1 is 1.29 bits per heavy atom. The van der Waals surface area contributed by atoms with Gasteiger partial charge in [-0.3, -0.25) is 4.79 Å². The number of carbonyl (C=O) groups is 1. The van der Waals surface area contributed by atoms with Crippen LogP contribution in [0, 0.1) is 0 Å². The van der Waals surface area contributed by atoms with Gasteiger partial charge in [0.15, 0.2) is 0 Å². The molecule has 2 heterocycles. The molecule has 124 valence electrons. The summed E-state index contributed by atoms with van der Waals surface area (Å²) in [7, 11) is 0. The van der Waals surface area contributed by atoms with Gasteiger partial charge in [0, 0.05) is 25.0 Å². The molecule has 2 aromatic heterocycles. The SMILES string of the molecule is CC(C)c1cc(C(=O)NC(Cn2ccnc2)c2ccccc2)on1. The van der Waals surface area contributed by atoms with Crippen molar-refractivity contribution < 1.29 is 9.32 Å². The van der Waals surface area contributed by atoms with Crippen molar-refractivity contribution in [1.82, 2.24) is 20.0 Å². The second-order valence-electron chi connectivity index (χ2n) is 5.97. The molecule has 0 fully saturated rings. The molecule has 0 saturated heterocycles. The van der Waals surface area contributed by atoms with Crippen LogP contribution in [0.15, 0.2) is 59.6 Å². The molecule has 0 aliphatic heterocycles. The highest BCUT2D eigenvalue weighted by Crippen LogP contribution is 2.18. The Bertz CT molecular complexity index is 778. The van der Waals surface area contributed by atoms with E-state index in [1.54, 1.807) is 18.6 Å². The first-order chi connectivity index (χ1) is 11.6. The minimum atomic E-state index is -0.275. The maximum Gasteiger partial charge on any atom is 0.290 e. The van der Waals surface area contributed by atoms with E-state index < -0.39 is 0 Å². The molecule has 6 nitrogen and oxygen atoms in total. The molecule has 1 aromatic carbocycles. The lowest BCUT2D eigenvalue weighted by molar-refractivity contribution is 0.0895. The van der Waals surface area contributed by atoms with Crippen LogP contribution in [-0.2, 0) is 6.54 Å². The van der Waals surface area contributed by atoms with Gasteiger partial charge in [-0.2, -0.15) is 0 Å². The smallest absolute Gasteiger partial charge is 0.290 e. The third-order valence-corrected chi connectivity index (χ3v) is 3.80. The Kier molecular flexibility index (Phi) is 4.74. The number of nitrogens with zero attached hydrogens (tertiary/aromatic N) is 3. The zero-order valence-corrected chi connectivity index (χ0v) is 13.7. The zero-order chi connectivity index (χ0) is 16.9. The summed E-state index contributed by atoms with van der Waals surface area (Å²) in [5, 5.41) is 6.96. The van der Waals surface area contributed by atoms with Crippen molar-refractivity contribution in [2.45, 2.75) is 32.4 Å². The lowest BCUT2D eigenvalue weighted by Crippen LogP contribution is -2.31. The maximum atomic E-state index is 12.5. The van der Waals surface area contributed by atoms with Crippen molar-refractivity contribution in [3.63, 3.8) is 0 Å². The number of aromatic nitrogens is 3. The number of benzene rings is 1. The van der Waals surface area contributed by atoms with Crippen LogP contribution in [0.4, 0.5) is 0 Å². The molecule has 3 rings (SSSR count). The summed E-state index contributed by atoms with van der Waals surface area (Å²) in [6, 6.07) is 11.3. The molecule has 0 bridgehead atoms. The van der Waals surface area contributed by atoms with Crippen LogP contribution in [0.1, 0.15) is 47.6 Å². The fourth-order valence-corrected chi connectivity index (χ4v) is 2.42. The number of imidazole rings is 1. The topological polar surface area (TPSA) is 73.0 Å². The molecule has 1 N–H and O–H groups in total. The number of amides is 1. The molecule has 0 aliphatic rings. The van der Waals surface area contributed by atoms with Gasteiger partial charge in [0.1, 0.15) is 0 Å². The van der Waals surface area contributed by atoms with Crippen molar-refractivity contribution >= 4 is 5.91 Å². The predicted octanol–water partition coefficient (Wildman–Crippen LogP) is 3.17. The summed E-state index contributed by atoms with van der Waals surface area (Å²) in [5.41, 5.74) is 1.79. The van der Waals surface area contributed by atoms with Crippen molar-refractivity contribution in [1.29, 1.82) is 0 Å². The average molecular weight is 324 g/mol. The molecule has 0 radical (unpaired) electrons. The number of hydrogen-bond acceptors (Lipinski definition) is 4. The van der Waals surface area contributed by atoms with E-state index in [9.17, 15) is 4.79 Å². The molecule has 1 atom stereocenters. The van der Waals surface area contributed by atoms with Crippen LogP contribution >= 0.6 is 0 Å². The predicted molar refractivity (Wildman–Crippen MR) is 89.5 cm³/mol. The van der Waals surface area contributed by atoms with Crippen LogP contribution in [-0.4, -0.2) is 20.6 Å². The molecule has 0 aliphatic carbocycles. The van der Waals surface area contributed by atoms with Gasteiger partial charge in [0.25, 0.3) is 5.91 Å². The van der Waals surface area contributed by atoms with Crippen molar-refractivity contribution in [3.05, 3.63) is 72.1 Å². The van der Waals surface area contributed by atoms with Gasteiger partial charge < -0.3 is 14.4 Å². The van der Waals surface area contributed by atoms with Crippen molar-refractivity contribution in [2.75, 3.05) is 0 Å². The monoisotopic (exact) mass is 324 g/mol. The van der Waals surface area contributed by atoms with Crippen LogP contribution in [0.3, 0.4) is 0 Å². The molecule has 1 unspecified atom stereocenters. The molecular formula is C18H20N4O2. The van der Waals surface area contributed by atoms with E-state index in [-0.39, 0.29) is 23.6 Å². The third-order valence-electron chi connectivity index (χ3n) is 3.80. The summed E-state index contributed by atoms with van der Waals surface area (Å²) in [6.45, 7) is 4.59. The van der Waals surface area contributed by atoms with E-state index in [0.29, 0.717) is 6.54 Å². The Hall–Kier alpha value is -2.89. The van der Waals surface area contributed by atoms with Crippen LogP contribution in [0.2, 0.25) is 0 Å². The van der Waals surface area contributed by atoms with Gasteiger partial charge in [-0.1, -0.05) is 49.3 Å². The van der Waals surface area contributed by atoms with Gasteiger partial charge >= 0.3 is 0 Å². The summed E-state index contributed by atoms with van der Waals surface area (Å²) >= 11 is 0. The van der Waals surface area contributed by atoms with E-state index in [2.05, 4.69) is 15.5 Å². The highest BCUT2D eigenvalue weighted by molar-refractivity contribution is 5.91. The minimum absolute atomic E-state index is 0.194. The van der Waals surface area contributed by atoms with Crippen molar-refractivity contribution in [2.24, 2.45) is 0 Å². The highest BCUT2D eigenvalue weighted by atomic mass is 16.5. The van der Waals surface area contributed by atoms with E-state index in [1.165, 1.54) is 0 Å². The van der Waals surface area contributed by atoms with E-state index in [1.807, 2.05) is 54.9 Å². The van der Waals surface area contributed by atoms with E-state index in [0.717, 1.165) is 11.3 Å². The minimum Gasteiger partial charge on any atom is -0.351 e. The summed E-state index contributed by atoms with van der Waals surface area (Å²) in [4.78, 5) is 16.6. The second kappa shape index (κ2) is 7.12. The molecule has 24 heavy (non-hydrogen) atoms. The van der Waals surface area contributed by atoms with Gasteiger partial charge in [-0.05, 0) is 11.5 Å². The molecule has 6 heteroatoms. The largest absolute Gasteiger partial charge is 0.351 e. The fraction of sp³-hybridized carbons (Fsp3) is 0.278. The van der Waals surface area contributed by atoms with Gasteiger partial charge in [-0.25, -0.2) is 4.98 Å². The Labute approximate surface area is 140 Å². The molecule has 3 aromatic rings. The lowest BCUT2D eigenvalue weighted by atomic mass is 10.1. The Balaban J connectivity index is 1.79. The summed E-state index contributed by atoms with van der Waals surface area (Å²) in [6.07, 6.45) is 5.32. The average Bonchev–Trinajstić information content (AvgIpc) is 3.26. The molecule has 0 saturated carbocycles. The van der Waals surface area contributed by atoms with Gasteiger partial charge in [0.05, 0.1) is 18.1 Å². The van der Waals surface area contributed by atoms with Crippen LogP contribution < -0.4 is 5.32 Å². The first-order valence-electron chi connectivity index (χ1n) is 7.91. The first kappa shape index (κ1) is 16.0. The van der Waals surface area contributed by atoms with E-state index in [4.69, 9.17) is 4.52 Å². The first-order valence-corrected chi connectivity index (χ1v) is 7.91. The maximum absolute atomic E-state index is 12.5. The van der Waals surface area contributed by atoms with Crippen LogP contribution in [0.5, 0.6) is 0 Å². The summed E-state index contributed by atoms with van der Waals surface area (Å²) in [5.74, 6) is 0.166. The van der Waals surface area contributed by atoms with Gasteiger partial charge in [0.2, 0.25) is 5.76 Å². The summed E-state index contributed by atoms with van der Waals surface area (Å²) < 4.78 is 7.11. The molecule has 1 amide bonds. The standard InChI is InChI=1S/C18H20N4O2/c1-13(2)15-10-17(24-21-15)18(23)20-16(11-22-9-8-19-12-22)14-6-4-3-5-7-14/h3-10,12-13,16H,11H2,1-2H3,(H,20,23). The highest BCUT2D eigenvalue weighted by Gasteiger charge is 2.20. The Morgan fingerprint density at radius 3 is 2.71 bits per heavy atom. The number of nitrogens with one attached hydrogen (secondary N) is 1. The fourth-order valence-electron chi connectivity index (χ4n) is 2.42. The van der Waals surface area contributed by atoms with E-state index >= 15 is 0 Å². The van der Waals surface area contributed by atoms with Crippen LogP contribution in [0.25, 0.3) is 0 Å². The van der Waals surface area contributed by atoms with Gasteiger partial charge in [-0.15, -0.1) is 0 Å². The zero-order valence-electron chi connectivity index (χ0n) is 13.7. The second-order valence-corrected chi connectivity index (χ2v) is 5.97. The number of hydrogen-bond donors (Lipinski definition) is 1. The number of rotatable bonds is 6. The lowest BCUT2D eigenvalue weighted by Gasteiger charge is -2.19. The van der Waals surface area contributed by atoms with Crippen molar-refractivity contribution in [3.8, 4) is 0 Å². The normalized spacial score (nSPS) is 12.3.